The lowest BCUT2D eigenvalue weighted by atomic mass is 9.99. The average molecular weight is 410 g/mol. The van der Waals surface area contributed by atoms with Gasteiger partial charge >= 0.3 is 6.03 Å². The Kier molecular flexibility index (Phi) is 7.38. The summed E-state index contributed by atoms with van der Waals surface area (Å²) in [6, 6.07) is 24.6. The van der Waals surface area contributed by atoms with Gasteiger partial charge in [0.2, 0.25) is 0 Å². The minimum absolute atomic E-state index is 0.225. The number of amides is 2. The third kappa shape index (κ3) is 6.04. The van der Waals surface area contributed by atoms with Gasteiger partial charge in [-0.1, -0.05) is 66.7 Å². The largest absolute Gasteiger partial charge is 0.488 e. The molecule has 0 aliphatic heterocycles. The Hall–Kier alpha value is -3.41. The van der Waals surface area contributed by atoms with E-state index in [-0.39, 0.29) is 12.6 Å². The summed E-state index contributed by atoms with van der Waals surface area (Å²) in [5.41, 5.74) is 4.00. The second-order valence-corrected chi connectivity index (χ2v) is 6.89. The molecule has 0 unspecified atom stereocenters. The molecule has 0 fully saturated rings. The Morgan fingerprint density at radius 2 is 1.73 bits per heavy atom. The van der Waals surface area contributed by atoms with Gasteiger partial charge < -0.3 is 15.0 Å². The number of nitrogens with zero attached hydrogens (tertiary/aromatic N) is 1. The van der Waals surface area contributed by atoms with Gasteiger partial charge in [0.1, 0.15) is 12.4 Å². The van der Waals surface area contributed by atoms with Gasteiger partial charge in [0.05, 0.1) is 0 Å². The summed E-state index contributed by atoms with van der Waals surface area (Å²) in [4.78, 5) is 14.2. The van der Waals surface area contributed by atoms with Crippen molar-refractivity contribution in [2.45, 2.75) is 19.5 Å². The van der Waals surface area contributed by atoms with Crippen LogP contribution in [0.4, 0.5) is 13.6 Å². The van der Waals surface area contributed by atoms with Crippen LogP contribution < -0.4 is 10.1 Å². The molecule has 0 radical (unpaired) electrons. The van der Waals surface area contributed by atoms with E-state index in [4.69, 9.17) is 4.74 Å². The van der Waals surface area contributed by atoms with E-state index in [1.807, 2.05) is 54.6 Å². The maximum absolute atomic E-state index is 12.6. The van der Waals surface area contributed by atoms with E-state index >= 15 is 0 Å². The van der Waals surface area contributed by atoms with Crippen LogP contribution in [0.15, 0.2) is 78.9 Å². The summed E-state index contributed by atoms with van der Waals surface area (Å²) in [7, 11) is 1.74. The van der Waals surface area contributed by atoms with Crippen molar-refractivity contribution in [3.05, 3.63) is 90.0 Å². The van der Waals surface area contributed by atoms with E-state index < -0.39 is 13.0 Å². The molecule has 0 saturated heterocycles. The van der Waals surface area contributed by atoms with E-state index in [9.17, 15) is 13.6 Å². The standard InChI is InChI=1S/C24H24F2N2O2/c1-28(16-20-11-5-6-13-22(20)19-9-3-2-4-10-19)24(29)27-15-18-8-7-12-21(14-18)30-17-23(25)26/h2-14,23H,15-17H2,1H3,(H,27,29). The first kappa shape index (κ1) is 21.3. The van der Waals surface area contributed by atoms with Crippen molar-refractivity contribution in [1.29, 1.82) is 0 Å². The quantitative estimate of drug-likeness (QED) is 0.545. The molecular weight excluding hydrogens is 386 g/mol. The monoisotopic (exact) mass is 410 g/mol. The Balaban J connectivity index is 1.59. The van der Waals surface area contributed by atoms with Crippen molar-refractivity contribution in [3.63, 3.8) is 0 Å². The lowest BCUT2D eigenvalue weighted by molar-refractivity contribution is 0.0818. The van der Waals surface area contributed by atoms with Gasteiger partial charge in [-0.2, -0.15) is 0 Å². The minimum atomic E-state index is -2.53. The highest BCUT2D eigenvalue weighted by Gasteiger charge is 2.12. The van der Waals surface area contributed by atoms with Gasteiger partial charge in [-0.3, -0.25) is 0 Å². The number of hydrogen-bond acceptors (Lipinski definition) is 2. The number of urea groups is 1. The highest BCUT2D eigenvalue weighted by molar-refractivity contribution is 5.75. The molecule has 0 bridgehead atoms. The predicted octanol–water partition coefficient (Wildman–Crippen LogP) is 5.34. The van der Waals surface area contributed by atoms with Crippen molar-refractivity contribution in [2.75, 3.05) is 13.7 Å². The second-order valence-electron chi connectivity index (χ2n) is 6.89. The first-order valence-electron chi connectivity index (χ1n) is 9.65. The number of rotatable bonds is 8. The number of alkyl halides is 2. The molecule has 3 aromatic carbocycles. The topological polar surface area (TPSA) is 41.6 Å². The molecule has 1 N–H and O–H groups in total. The molecule has 0 atom stereocenters. The van der Waals surface area contributed by atoms with Crippen molar-refractivity contribution in [3.8, 4) is 16.9 Å². The van der Waals surface area contributed by atoms with E-state index in [2.05, 4.69) is 5.32 Å². The zero-order chi connectivity index (χ0) is 21.3. The zero-order valence-corrected chi connectivity index (χ0v) is 16.7. The summed E-state index contributed by atoms with van der Waals surface area (Å²) in [6.07, 6.45) is -2.53. The molecule has 0 aliphatic carbocycles. The van der Waals surface area contributed by atoms with Crippen molar-refractivity contribution in [1.82, 2.24) is 10.2 Å². The molecule has 3 rings (SSSR count). The smallest absolute Gasteiger partial charge is 0.317 e. The van der Waals surface area contributed by atoms with Gasteiger partial charge in [-0.25, -0.2) is 13.6 Å². The maximum atomic E-state index is 12.6. The molecule has 3 aromatic rings. The predicted molar refractivity (Wildman–Crippen MR) is 114 cm³/mol. The fourth-order valence-electron chi connectivity index (χ4n) is 3.10. The first-order valence-corrected chi connectivity index (χ1v) is 9.65. The van der Waals surface area contributed by atoms with Crippen LogP contribution in [0.1, 0.15) is 11.1 Å². The fraction of sp³-hybridized carbons (Fsp3) is 0.208. The van der Waals surface area contributed by atoms with Crippen LogP contribution in [-0.2, 0) is 13.1 Å². The Bertz CT molecular complexity index is 964. The van der Waals surface area contributed by atoms with E-state index in [1.165, 1.54) is 0 Å². The SMILES string of the molecule is CN(Cc1ccccc1-c1ccccc1)C(=O)NCc1cccc(OCC(F)F)c1. The van der Waals surface area contributed by atoms with Crippen LogP contribution in [-0.4, -0.2) is 31.0 Å². The molecule has 6 heteroatoms. The molecule has 0 aromatic heterocycles. The maximum Gasteiger partial charge on any atom is 0.317 e. The third-order valence-corrected chi connectivity index (χ3v) is 4.57. The molecule has 0 saturated carbocycles. The summed E-state index contributed by atoms with van der Waals surface area (Å²) < 4.78 is 29.6. The van der Waals surface area contributed by atoms with Crippen LogP contribution in [0, 0.1) is 0 Å². The Morgan fingerprint density at radius 3 is 2.50 bits per heavy atom. The van der Waals surface area contributed by atoms with Crippen molar-refractivity contribution < 1.29 is 18.3 Å². The molecular formula is C24H24F2N2O2. The van der Waals surface area contributed by atoms with E-state index in [0.29, 0.717) is 12.3 Å². The van der Waals surface area contributed by atoms with Crippen LogP contribution in [0.3, 0.4) is 0 Å². The summed E-state index contributed by atoms with van der Waals surface area (Å²) >= 11 is 0. The van der Waals surface area contributed by atoms with Crippen LogP contribution in [0.5, 0.6) is 5.75 Å². The molecule has 0 heterocycles. The summed E-state index contributed by atoms with van der Waals surface area (Å²) in [6.45, 7) is 0.0726. The second kappa shape index (κ2) is 10.4. The molecule has 0 spiro atoms. The minimum Gasteiger partial charge on any atom is -0.488 e. The lowest BCUT2D eigenvalue weighted by Gasteiger charge is -2.20. The van der Waals surface area contributed by atoms with Crippen LogP contribution in [0.2, 0.25) is 0 Å². The van der Waals surface area contributed by atoms with Crippen molar-refractivity contribution in [2.24, 2.45) is 0 Å². The number of nitrogens with one attached hydrogen (secondary N) is 1. The number of carbonyl (C=O) groups is 1. The number of hydrogen-bond donors (Lipinski definition) is 1. The highest BCUT2D eigenvalue weighted by atomic mass is 19.3. The summed E-state index contributed by atoms with van der Waals surface area (Å²) in [5.74, 6) is 0.354. The zero-order valence-electron chi connectivity index (χ0n) is 16.7. The number of carbonyl (C=O) groups excluding carboxylic acids is 1. The number of ether oxygens (including phenoxy) is 1. The number of benzene rings is 3. The third-order valence-electron chi connectivity index (χ3n) is 4.57. The van der Waals surface area contributed by atoms with Crippen LogP contribution in [0.25, 0.3) is 11.1 Å². The molecule has 0 aliphatic rings. The van der Waals surface area contributed by atoms with Gasteiger partial charge in [0, 0.05) is 20.1 Å². The van der Waals surface area contributed by atoms with Gasteiger partial charge in [0.15, 0.2) is 0 Å². The molecule has 30 heavy (non-hydrogen) atoms. The summed E-state index contributed by atoms with van der Waals surface area (Å²) in [5, 5.41) is 2.85. The average Bonchev–Trinajstić information content (AvgIpc) is 2.77. The van der Waals surface area contributed by atoms with Gasteiger partial charge in [-0.15, -0.1) is 0 Å². The Morgan fingerprint density at radius 1 is 1.00 bits per heavy atom. The first-order chi connectivity index (χ1) is 14.5. The Labute approximate surface area is 175 Å². The molecule has 156 valence electrons. The normalized spacial score (nSPS) is 10.7. The molecule has 4 nitrogen and oxygen atoms in total. The fourth-order valence-corrected chi connectivity index (χ4v) is 3.10. The lowest BCUT2D eigenvalue weighted by Crippen LogP contribution is -2.36. The van der Waals surface area contributed by atoms with Crippen molar-refractivity contribution >= 4 is 6.03 Å². The molecule has 2 amide bonds. The van der Waals surface area contributed by atoms with Gasteiger partial charge in [-0.05, 0) is 34.4 Å². The number of halogens is 2. The highest BCUT2D eigenvalue weighted by Crippen LogP contribution is 2.24. The van der Waals surface area contributed by atoms with Crippen LogP contribution >= 0.6 is 0 Å². The van der Waals surface area contributed by atoms with E-state index in [1.54, 1.807) is 36.2 Å². The van der Waals surface area contributed by atoms with E-state index in [0.717, 1.165) is 22.3 Å². The van der Waals surface area contributed by atoms with Gasteiger partial charge in [0.25, 0.3) is 6.43 Å².